The summed E-state index contributed by atoms with van der Waals surface area (Å²) in [5.41, 5.74) is 1.54. The lowest BCUT2D eigenvalue weighted by Crippen LogP contribution is -2.50. The van der Waals surface area contributed by atoms with Gasteiger partial charge in [-0.05, 0) is 29.8 Å². The summed E-state index contributed by atoms with van der Waals surface area (Å²) in [7, 11) is 0. The van der Waals surface area contributed by atoms with Crippen molar-refractivity contribution < 1.29 is 9.59 Å². The Kier molecular flexibility index (Phi) is 5.60. The molecule has 2 aromatic rings. The fraction of sp³-hybridized carbons (Fsp3) is 0.211. The molecule has 2 heterocycles. The first-order valence-electron chi connectivity index (χ1n) is 8.06. The van der Waals surface area contributed by atoms with Crippen molar-refractivity contribution in [1.82, 2.24) is 14.8 Å². The molecule has 1 aliphatic rings. The Labute approximate surface area is 155 Å². The number of benzene rings is 1. The number of carbonyl (C=O) groups excluding carboxylic acids is 2. The van der Waals surface area contributed by atoms with Gasteiger partial charge in [0.05, 0.1) is 5.56 Å². The van der Waals surface area contributed by atoms with Crippen molar-refractivity contribution >= 4 is 33.8 Å². The summed E-state index contributed by atoms with van der Waals surface area (Å²) in [4.78, 5) is 32.2. The largest absolute Gasteiger partial charge is 0.336 e. The molecule has 0 N–H and O–H groups in total. The molecule has 3 rings (SSSR count). The molecular formula is C19H18BrN3O2. The van der Waals surface area contributed by atoms with Gasteiger partial charge in [-0.3, -0.25) is 14.6 Å². The van der Waals surface area contributed by atoms with E-state index in [0.29, 0.717) is 31.7 Å². The second-order valence-electron chi connectivity index (χ2n) is 5.71. The van der Waals surface area contributed by atoms with Gasteiger partial charge >= 0.3 is 0 Å². The van der Waals surface area contributed by atoms with Crippen LogP contribution in [0.5, 0.6) is 0 Å². The third-order valence-electron chi connectivity index (χ3n) is 4.10. The van der Waals surface area contributed by atoms with Crippen LogP contribution >= 0.6 is 15.9 Å². The molecular weight excluding hydrogens is 382 g/mol. The normalized spacial score (nSPS) is 14.8. The zero-order valence-corrected chi connectivity index (χ0v) is 15.2. The summed E-state index contributed by atoms with van der Waals surface area (Å²) in [6, 6.07) is 11.2. The number of piperazine rings is 1. The van der Waals surface area contributed by atoms with Gasteiger partial charge in [-0.15, -0.1) is 0 Å². The number of halogens is 1. The summed E-state index contributed by atoms with van der Waals surface area (Å²) in [6.45, 7) is 2.13. The van der Waals surface area contributed by atoms with E-state index < -0.39 is 0 Å². The Balaban J connectivity index is 1.56. The van der Waals surface area contributed by atoms with Gasteiger partial charge in [0.1, 0.15) is 0 Å². The monoisotopic (exact) mass is 399 g/mol. The first kappa shape index (κ1) is 17.4. The van der Waals surface area contributed by atoms with Gasteiger partial charge in [-0.1, -0.05) is 34.1 Å². The van der Waals surface area contributed by atoms with E-state index in [2.05, 4.69) is 20.9 Å². The molecule has 0 spiro atoms. The smallest absolute Gasteiger partial charge is 0.255 e. The van der Waals surface area contributed by atoms with E-state index >= 15 is 0 Å². The second kappa shape index (κ2) is 8.07. The van der Waals surface area contributed by atoms with Crippen LogP contribution in [0.1, 0.15) is 15.9 Å². The Morgan fingerprint density at radius 1 is 1.00 bits per heavy atom. The minimum absolute atomic E-state index is 0.0378. The summed E-state index contributed by atoms with van der Waals surface area (Å²) in [6.07, 6.45) is 6.60. The van der Waals surface area contributed by atoms with Crippen molar-refractivity contribution in [1.29, 1.82) is 0 Å². The third-order valence-corrected chi connectivity index (χ3v) is 4.82. The SMILES string of the molecule is O=C(/C=C/c1ccccc1Br)N1CCN(C(=O)c2cccnc2)CC1. The summed E-state index contributed by atoms with van der Waals surface area (Å²) >= 11 is 3.46. The average molecular weight is 400 g/mol. The molecule has 5 nitrogen and oxygen atoms in total. The predicted molar refractivity (Wildman–Crippen MR) is 99.9 cm³/mol. The predicted octanol–water partition coefficient (Wildman–Crippen LogP) is 2.84. The molecule has 25 heavy (non-hydrogen) atoms. The summed E-state index contributed by atoms with van der Waals surface area (Å²) in [5.74, 6) is -0.0758. The Morgan fingerprint density at radius 3 is 2.40 bits per heavy atom. The van der Waals surface area contributed by atoms with Gasteiger partial charge < -0.3 is 9.80 Å². The van der Waals surface area contributed by atoms with Gasteiger partial charge in [0, 0.05) is 49.1 Å². The van der Waals surface area contributed by atoms with Crippen LogP contribution in [0.2, 0.25) is 0 Å². The number of pyridine rings is 1. The maximum atomic E-state index is 12.4. The van der Waals surface area contributed by atoms with Crippen molar-refractivity contribution in [3.05, 3.63) is 70.5 Å². The highest BCUT2D eigenvalue weighted by atomic mass is 79.9. The van der Waals surface area contributed by atoms with Crippen LogP contribution in [0.4, 0.5) is 0 Å². The molecule has 0 saturated carbocycles. The lowest BCUT2D eigenvalue weighted by molar-refractivity contribution is -0.127. The number of carbonyl (C=O) groups is 2. The van der Waals surface area contributed by atoms with Gasteiger partial charge in [0.25, 0.3) is 5.91 Å². The van der Waals surface area contributed by atoms with Crippen LogP contribution in [0, 0.1) is 0 Å². The molecule has 0 unspecified atom stereocenters. The molecule has 6 heteroatoms. The highest BCUT2D eigenvalue weighted by Crippen LogP contribution is 2.17. The summed E-state index contributed by atoms with van der Waals surface area (Å²) < 4.78 is 0.950. The zero-order valence-electron chi connectivity index (χ0n) is 13.6. The van der Waals surface area contributed by atoms with Gasteiger partial charge in [-0.25, -0.2) is 0 Å². The van der Waals surface area contributed by atoms with Crippen LogP contribution in [-0.2, 0) is 4.79 Å². The van der Waals surface area contributed by atoms with Crippen molar-refractivity contribution in [2.24, 2.45) is 0 Å². The van der Waals surface area contributed by atoms with Crippen molar-refractivity contribution in [2.75, 3.05) is 26.2 Å². The Hall–Kier alpha value is -2.47. The van der Waals surface area contributed by atoms with E-state index in [-0.39, 0.29) is 11.8 Å². The molecule has 128 valence electrons. The quantitative estimate of drug-likeness (QED) is 0.745. The zero-order chi connectivity index (χ0) is 17.6. The molecule has 1 fully saturated rings. The molecule has 0 radical (unpaired) electrons. The molecule has 0 atom stereocenters. The lowest BCUT2D eigenvalue weighted by Gasteiger charge is -2.34. The molecule has 0 bridgehead atoms. The molecule has 0 aliphatic carbocycles. The molecule has 1 aromatic heterocycles. The van der Waals surface area contributed by atoms with Crippen LogP contribution in [0.3, 0.4) is 0 Å². The number of nitrogens with zero attached hydrogens (tertiary/aromatic N) is 3. The molecule has 1 aromatic carbocycles. The highest BCUT2D eigenvalue weighted by Gasteiger charge is 2.23. The minimum Gasteiger partial charge on any atom is -0.336 e. The number of hydrogen-bond acceptors (Lipinski definition) is 3. The topological polar surface area (TPSA) is 53.5 Å². The van der Waals surface area contributed by atoms with Crippen LogP contribution in [-0.4, -0.2) is 52.8 Å². The van der Waals surface area contributed by atoms with E-state index in [1.807, 2.05) is 24.3 Å². The third kappa shape index (κ3) is 4.33. The fourth-order valence-corrected chi connectivity index (χ4v) is 3.10. The van der Waals surface area contributed by atoms with Crippen LogP contribution in [0.25, 0.3) is 6.08 Å². The maximum absolute atomic E-state index is 12.4. The van der Waals surface area contributed by atoms with Crippen molar-refractivity contribution in [3.63, 3.8) is 0 Å². The minimum atomic E-state index is -0.0380. The highest BCUT2D eigenvalue weighted by molar-refractivity contribution is 9.10. The number of rotatable bonds is 3. The standard InChI is InChI=1S/C19H18BrN3O2/c20-17-6-2-1-4-15(17)7-8-18(24)22-10-12-23(13-11-22)19(25)16-5-3-9-21-14-16/h1-9,14H,10-13H2/b8-7+. The number of hydrogen-bond donors (Lipinski definition) is 0. The van der Waals surface area contributed by atoms with Crippen LogP contribution in [0.15, 0.2) is 59.3 Å². The molecule has 1 aliphatic heterocycles. The van der Waals surface area contributed by atoms with Gasteiger partial charge in [-0.2, -0.15) is 0 Å². The number of amides is 2. The maximum Gasteiger partial charge on any atom is 0.255 e. The first-order chi connectivity index (χ1) is 12.1. The van der Waals surface area contributed by atoms with Crippen molar-refractivity contribution in [2.45, 2.75) is 0 Å². The van der Waals surface area contributed by atoms with E-state index in [1.165, 1.54) is 0 Å². The summed E-state index contributed by atoms with van der Waals surface area (Å²) in [5, 5.41) is 0. The van der Waals surface area contributed by atoms with E-state index in [1.54, 1.807) is 46.5 Å². The van der Waals surface area contributed by atoms with Crippen molar-refractivity contribution in [3.8, 4) is 0 Å². The van der Waals surface area contributed by atoms with Crippen LogP contribution < -0.4 is 0 Å². The molecule has 1 saturated heterocycles. The van der Waals surface area contributed by atoms with E-state index in [4.69, 9.17) is 0 Å². The average Bonchev–Trinajstić information content (AvgIpc) is 2.67. The second-order valence-corrected chi connectivity index (χ2v) is 6.57. The lowest BCUT2D eigenvalue weighted by atomic mass is 10.2. The van der Waals surface area contributed by atoms with Gasteiger partial charge in [0.2, 0.25) is 5.91 Å². The number of aromatic nitrogens is 1. The first-order valence-corrected chi connectivity index (χ1v) is 8.85. The molecule has 2 amide bonds. The van der Waals surface area contributed by atoms with E-state index in [9.17, 15) is 9.59 Å². The Bertz CT molecular complexity index is 784. The fourth-order valence-electron chi connectivity index (χ4n) is 2.68. The van der Waals surface area contributed by atoms with E-state index in [0.717, 1.165) is 10.0 Å². The Morgan fingerprint density at radius 2 is 1.72 bits per heavy atom. The van der Waals surface area contributed by atoms with Gasteiger partial charge in [0.15, 0.2) is 0 Å².